The van der Waals surface area contributed by atoms with Gasteiger partial charge in [0.25, 0.3) is 0 Å². The molecule has 0 atom stereocenters. The van der Waals surface area contributed by atoms with E-state index in [9.17, 15) is 8.42 Å². The van der Waals surface area contributed by atoms with Crippen molar-refractivity contribution >= 4 is 10.0 Å². The van der Waals surface area contributed by atoms with Crippen molar-refractivity contribution < 1.29 is 8.42 Å². The average Bonchev–Trinajstić information content (AvgIpc) is 2.55. The summed E-state index contributed by atoms with van der Waals surface area (Å²) in [6, 6.07) is 17.5. The Morgan fingerprint density at radius 2 is 1.54 bits per heavy atom. The molecule has 2 rings (SSSR count). The minimum atomic E-state index is -3.40. The molecule has 24 heavy (non-hydrogen) atoms. The van der Waals surface area contributed by atoms with Crippen molar-refractivity contribution in [1.29, 1.82) is 0 Å². The normalized spacial score (nSPS) is 11.8. The van der Waals surface area contributed by atoms with Gasteiger partial charge >= 0.3 is 0 Å². The van der Waals surface area contributed by atoms with E-state index in [-0.39, 0.29) is 0 Å². The lowest BCUT2D eigenvalue weighted by atomic mass is 10.0. The molecular formula is C20H27NO2S. The molecule has 0 aliphatic rings. The third-order valence-corrected chi connectivity index (χ3v) is 5.38. The van der Waals surface area contributed by atoms with Gasteiger partial charge in [-0.3, -0.25) is 0 Å². The van der Waals surface area contributed by atoms with Crippen LogP contribution in [0, 0.1) is 5.92 Å². The lowest BCUT2D eigenvalue weighted by Crippen LogP contribution is -2.24. The van der Waals surface area contributed by atoms with Gasteiger partial charge < -0.3 is 0 Å². The monoisotopic (exact) mass is 345 g/mol. The van der Waals surface area contributed by atoms with Crippen molar-refractivity contribution in [3.05, 3.63) is 65.7 Å². The second kappa shape index (κ2) is 9.00. The molecule has 4 heteroatoms. The van der Waals surface area contributed by atoms with Crippen LogP contribution in [-0.4, -0.2) is 15.0 Å². The zero-order valence-electron chi connectivity index (χ0n) is 14.5. The Hall–Kier alpha value is -1.65. The van der Waals surface area contributed by atoms with Gasteiger partial charge in [0.2, 0.25) is 10.0 Å². The molecule has 0 aliphatic carbocycles. The molecule has 2 aromatic carbocycles. The summed E-state index contributed by atoms with van der Waals surface area (Å²) < 4.78 is 27.3. The Bertz CT molecular complexity index is 707. The summed E-state index contributed by atoms with van der Waals surface area (Å²) in [5.74, 6) is 0.565. The quantitative estimate of drug-likeness (QED) is 0.693. The van der Waals surface area contributed by atoms with Crippen LogP contribution in [-0.2, 0) is 22.9 Å². The van der Waals surface area contributed by atoms with Gasteiger partial charge in [-0.1, -0.05) is 56.3 Å². The maximum Gasteiger partial charge on any atom is 0.240 e. The highest BCUT2D eigenvalue weighted by molar-refractivity contribution is 7.89. The molecule has 0 aromatic heterocycles. The molecule has 2 aromatic rings. The van der Waals surface area contributed by atoms with Gasteiger partial charge in [-0.05, 0) is 54.9 Å². The van der Waals surface area contributed by atoms with Crippen molar-refractivity contribution in [2.24, 2.45) is 5.92 Å². The van der Waals surface area contributed by atoms with E-state index in [1.54, 1.807) is 12.1 Å². The first-order chi connectivity index (χ1) is 11.5. The van der Waals surface area contributed by atoms with E-state index in [4.69, 9.17) is 0 Å². The van der Waals surface area contributed by atoms with E-state index < -0.39 is 10.0 Å². The standard InChI is InChI=1S/C20H27NO2S/c1-17(2)16-19-11-13-20(14-12-19)24(22,23)21-15-7-6-10-18-8-4-3-5-9-18/h3-5,8-9,11-14,17,21H,6-7,10,15-16H2,1-2H3. The molecule has 0 spiro atoms. The predicted molar refractivity (Wildman–Crippen MR) is 99.6 cm³/mol. The van der Waals surface area contributed by atoms with Gasteiger partial charge in [-0.15, -0.1) is 0 Å². The highest BCUT2D eigenvalue weighted by Gasteiger charge is 2.13. The summed E-state index contributed by atoms with van der Waals surface area (Å²) in [4.78, 5) is 0.345. The summed E-state index contributed by atoms with van der Waals surface area (Å²) in [6.07, 6.45) is 3.75. The highest BCUT2D eigenvalue weighted by atomic mass is 32.2. The van der Waals surface area contributed by atoms with Crippen LogP contribution < -0.4 is 4.72 Å². The molecule has 0 aliphatic heterocycles. The Balaban J connectivity index is 1.78. The van der Waals surface area contributed by atoms with E-state index >= 15 is 0 Å². The Morgan fingerprint density at radius 1 is 0.875 bits per heavy atom. The van der Waals surface area contributed by atoms with Crippen molar-refractivity contribution in [2.45, 2.75) is 44.4 Å². The van der Waals surface area contributed by atoms with E-state index in [0.29, 0.717) is 17.4 Å². The van der Waals surface area contributed by atoms with E-state index in [0.717, 1.165) is 25.7 Å². The van der Waals surface area contributed by atoms with Crippen LogP contribution in [0.1, 0.15) is 37.8 Å². The fourth-order valence-electron chi connectivity index (χ4n) is 2.66. The second-order valence-electron chi connectivity index (χ2n) is 6.58. The van der Waals surface area contributed by atoms with Crippen LogP contribution in [0.15, 0.2) is 59.5 Å². The number of nitrogens with one attached hydrogen (secondary N) is 1. The van der Waals surface area contributed by atoms with Gasteiger partial charge in [0.15, 0.2) is 0 Å². The summed E-state index contributed by atoms with van der Waals surface area (Å²) in [5.41, 5.74) is 2.47. The largest absolute Gasteiger partial charge is 0.240 e. The SMILES string of the molecule is CC(C)Cc1ccc(S(=O)(=O)NCCCCc2ccccc2)cc1. The number of rotatable bonds is 9. The van der Waals surface area contributed by atoms with E-state index in [1.807, 2.05) is 30.3 Å². The molecule has 0 amide bonds. The topological polar surface area (TPSA) is 46.2 Å². The number of benzene rings is 2. The zero-order chi connectivity index (χ0) is 17.4. The fourth-order valence-corrected chi connectivity index (χ4v) is 3.74. The van der Waals surface area contributed by atoms with Crippen LogP contribution >= 0.6 is 0 Å². The molecule has 0 fully saturated rings. The number of hydrogen-bond acceptors (Lipinski definition) is 2. The van der Waals surface area contributed by atoms with Crippen molar-refractivity contribution in [2.75, 3.05) is 6.54 Å². The van der Waals surface area contributed by atoms with Gasteiger partial charge in [-0.25, -0.2) is 13.1 Å². The first-order valence-electron chi connectivity index (χ1n) is 8.60. The molecule has 0 radical (unpaired) electrons. The Labute approximate surface area is 146 Å². The first-order valence-corrected chi connectivity index (χ1v) is 10.1. The van der Waals surface area contributed by atoms with Crippen LogP contribution in [0.2, 0.25) is 0 Å². The van der Waals surface area contributed by atoms with Crippen molar-refractivity contribution in [1.82, 2.24) is 4.72 Å². The third-order valence-electron chi connectivity index (χ3n) is 3.90. The number of sulfonamides is 1. The Morgan fingerprint density at radius 3 is 2.17 bits per heavy atom. The fraction of sp³-hybridized carbons (Fsp3) is 0.400. The number of hydrogen-bond donors (Lipinski definition) is 1. The summed E-state index contributed by atoms with van der Waals surface area (Å²) in [5, 5.41) is 0. The van der Waals surface area contributed by atoms with Crippen molar-refractivity contribution in [3.8, 4) is 0 Å². The molecule has 0 bridgehead atoms. The molecule has 0 heterocycles. The molecule has 1 N–H and O–H groups in total. The summed E-state index contributed by atoms with van der Waals surface area (Å²) in [6.45, 7) is 4.78. The number of aryl methyl sites for hydroxylation is 1. The molecule has 0 saturated heterocycles. The van der Waals surface area contributed by atoms with Crippen molar-refractivity contribution in [3.63, 3.8) is 0 Å². The maximum absolute atomic E-state index is 12.3. The zero-order valence-corrected chi connectivity index (χ0v) is 15.4. The molecule has 0 unspecified atom stereocenters. The average molecular weight is 346 g/mol. The molecule has 130 valence electrons. The van der Waals surface area contributed by atoms with E-state index in [1.165, 1.54) is 11.1 Å². The van der Waals surface area contributed by atoms with Gasteiger partial charge in [0, 0.05) is 6.54 Å². The van der Waals surface area contributed by atoms with Crippen LogP contribution in [0.3, 0.4) is 0 Å². The Kier molecular flexibility index (Phi) is 7.00. The minimum Gasteiger partial charge on any atom is -0.211 e. The summed E-state index contributed by atoms with van der Waals surface area (Å²) >= 11 is 0. The lowest BCUT2D eigenvalue weighted by Gasteiger charge is -2.09. The van der Waals surface area contributed by atoms with Gasteiger partial charge in [0.1, 0.15) is 0 Å². The molecule has 3 nitrogen and oxygen atoms in total. The summed E-state index contributed by atoms with van der Waals surface area (Å²) in [7, 11) is -3.40. The number of unbranched alkanes of at least 4 members (excludes halogenated alkanes) is 1. The molecule has 0 saturated carbocycles. The van der Waals surface area contributed by atoms with Gasteiger partial charge in [-0.2, -0.15) is 0 Å². The van der Waals surface area contributed by atoms with Crippen LogP contribution in [0.4, 0.5) is 0 Å². The smallest absolute Gasteiger partial charge is 0.211 e. The third kappa shape index (κ3) is 6.10. The molecular weight excluding hydrogens is 318 g/mol. The lowest BCUT2D eigenvalue weighted by molar-refractivity contribution is 0.576. The highest BCUT2D eigenvalue weighted by Crippen LogP contribution is 2.13. The van der Waals surface area contributed by atoms with Gasteiger partial charge in [0.05, 0.1) is 4.90 Å². The first kappa shape index (κ1) is 18.7. The minimum absolute atomic E-state index is 0.345. The van der Waals surface area contributed by atoms with E-state index in [2.05, 4.69) is 30.7 Å². The predicted octanol–water partition coefficient (Wildman–Crippen LogP) is 4.19. The van der Waals surface area contributed by atoms with Crippen LogP contribution in [0.5, 0.6) is 0 Å². The second-order valence-corrected chi connectivity index (χ2v) is 8.35. The van der Waals surface area contributed by atoms with Crippen LogP contribution in [0.25, 0.3) is 0 Å². The maximum atomic E-state index is 12.3.